The normalized spacial score (nSPS) is 26.6. The zero-order valence-corrected chi connectivity index (χ0v) is 13.3. The first-order valence-electron chi connectivity index (χ1n) is 7.73. The molecular formula is C16H27N3O. The molecule has 1 heterocycles. The lowest BCUT2D eigenvalue weighted by Gasteiger charge is -2.33. The van der Waals surface area contributed by atoms with Gasteiger partial charge in [-0.15, -0.1) is 0 Å². The summed E-state index contributed by atoms with van der Waals surface area (Å²) in [5.74, 6) is 2.86. The minimum absolute atomic E-state index is 0.131. The van der Waals surface area contributed by atoms with Gasteiger partial charge < -0.3 is 10.1 Å². The number of hydrogen-bond donors (Lipinski definition) is 1. The van der Waals surface area contributed by atoms with Crippen LogP contribution in [0.25, 0.3) is 0 Å². The second-order valence-electron chi connectivity index (χ2n) is 6.48. The highest BCUT2D eigenvalue weighted by atomic mass is 16.5. The summed E-state index contributed by atoms with van der Waals surface area (Å²) in [5.41, 5.74) is 0.940. The maximum Gasteiger partial charge on any atom is 0.226 e. The number of rotatable bonds is 4. The topological polar surface area (TPSA) is 47.0 Å². The monoisotopic (exact) mass is 277 g/mol. The van der Waals surface area contributed by atoms with E-state index < -0.39 is 0 Å². The summed E-state index contributed by atoms with van der Waals surface area (Å²) < 4.78 is 5.68. The van der Waals surface area contributed by atoms with Crippen molar-refractivity contribution in [2.75, 3.05) is 5.32 Å². The molecule has 3 unspecified atom stereocenters. The Kier molecular flexibility index (Phi) is 4.84. The predicted molar refractivity (Wildman–Crippen MR) is 82.1 cm³/mol. The molecule has 4 nitrogen and oxygen atoms in total. The van der Waals surface area contributed by atoms with Crippen LogP contribution in [0.2, 0.25) is 0 Å². The summed E-state index contributed by atoms with van der Waals surface area (Å²) in [6.07, 6.45) is 3.88. The van der Waals surface area contributed by atoms with Crippen molar-refractivity contribution in [1.82, 2.24) is 9.97 Å². The van der Waals surface area contributed by atoms with Crippen molar-refractivity contribution >= 4 is 5.95 Å². The molecule has 1 aliphatic carbocycles. The van der Waals surface area contributed by atoms with Crippen LogP contribution in [0.4, 0.5) is 5.95 Å². The fraction of sp³-hybridized carbons (Fsp3) is 0.750. The Labute approximate surface area is 122 Å². The molecule has 20 heavy (non-hydrogen) atoms. The van der Waals surface area contributed by atoms with E-state index in [0.29, 0.717) is 23.8 Å². The second kappa shape index (κ2) is 6.42. The van der Waals surface area contributed by atoms with Crippen molar-refractivity contribution < 1.29 is 4.74 Å². The zero-order valence-electron chi connectivity index (χ0n) is 13.3. The average molecular weight is 277 g/mol. The number of anilines is 1. The van der Waals surface area contributed by atoms with E-state index in [4.69, 9.17) is 4.74 Å². The fourth-order valence-electron chi connectivity index (χ4n) is 2.95. The lowest BCUT2D eigenvalue weighted by molar-refractivity contribution is 0.232. The molecular weight excluding hydrogens is 250 g/mol. The van der Waals surface area contributed by atoms with E-state index >= 15 is 0 Å². The van der Waals surface area contributed by atoms with E-state index in [0.717, 1.165) is 11.6 Å². The van der Waals surface area contributed by atoms with Gasteiger partial charge in [0.05, 0.1) is 6.10 Å². The predicted octanol–water partition coefficient (Wildman–Crippen LogP) is 3.81. The molecule has 0 aromatic carbocycles. The van der Waals surface area contributed by atoms with Gasteiger partial charge in [-0.25, -0.2) is 4.98 Å². The standard InChI is InChI=1S/C16H27N3O/c1-10(2)20-15-9-13(5)17-16(19-15)18-14-7-6-11(3)8-12(14)4/h9-12,14H,6-8H2,1-5H3,(H,17,18,19). The summed E-state index contributed by atoms with van der Waals surface area (Å²) in [6.45, 7) is 10.6. The average Bonchev–Trinajstić information content (AvgIpc) is 2.31. The summed E-state index contributed by atoms with van der Waals surface area (Å²) in [4.78, 5) is 8.96. The van der Waals surface area contributed by atoms with Crippen LogP contribution >= 0.6 is 0 Å². The highest BCUT2D eigenvalue weighted by molar-refractivity contribution is 5.32. The maximum absolute atomic E-state index is 5.68. The lowest BCUT2D eigenvalue weighted by Crippen LogP contribution is -2.33. The van der Waals surface area contributed by atoms with Crippen molar-refractivity contribution in [3.8, 4) is 5.88 Å². The third-order valence-corrected chi connectivity index (χ3v) is 3.93. The zero-order chi connectivity index (χ0) is 14.7. The van der Waals surface area contributed by atoms with Gasteiger partial charge in [0.2, 0.25) is 11.8 Å². The minimum Gasteiger partial charge on any atom is -0.475 e. The molecule has 0 bridgehead atoms. The summed E-state index contributed by atoms with van der Waals surface area (Å²) >= 11 is 0. The molecule has 112 valence electrons. The van der Waals surface area contributed by atoms with E-state index in [-0.39, 0.29) is 6.10 Å². The third-order valence-electron chi connectivity index (χ3n) is 3.93. The first-order chi connectivity index (χ1) is 9.44. The molecule has 1 saturated carbocycles. The highest BCUT2D eigenvalue weighted by Crippen LogP contribution is 2.30. The van der Waals surface area contributed by atoms with E-state index in [2.05, 4.69) is 29.1 Å². The number of nitrogens with zero attached hydrogens (tertiary/aromatic N) is 2. The van der Waals surface area contributed by atoms with Gasteiger partial charge in [-0.05, 0) is 51.9 Å². The van der Waals surface area contributed by atoms with Crippen LogP contribution in [-0.4, -0.2) is 22.1 Å². The van der Waals surface area contributed by atoms with E-state index in [1.165, 1.54) is 19.3 Å². The van der Waals surface area contributed by atoms with Crippen LogP contribution in [0.15, 0.2) is 6.07 Å². The van der Waals surface area contributed by atoms with Gasteiger partial charge in [0.1, 0.15) is 0 Å². The summed E-state index contributed by atoms with van der Waals surface area (Å²) in [5, 5.41) is 3.50. The van der Waals surface area contributed by atoms with Crippen LogP contribution in [0.1, 0.15) is 52.7 Å². The SMILES string of the molecule is Cc1cc(OC(C)C)nc(NC2CCC(C)CC2C)n1. The molecule has 0 spiro atoms. The van der Waals surface area contributed by atoms with Gasteiger partial charge in [-0.2, -0.15) is 4.98 Å². The molecule has 0 radical (unpaired) electrons. The summed E-state index contributed by atoms with van der Waals surface area (Å²) in [6, 6.07) is 2.36. The molecule has 0 saturated heterocycles. The Morgan fingerprint density at radius 1 is 1.25 bits per heavy atom. The largest absolute Gasteiger partial charge is 0.475 e. The molecule has 2 rings (SSSR count). The van der Waals surface area contributed by atoms with Gasteiger partial charge in [-0.3, -0.25) is 0 Å². The Hall–Kier alpha value is -1.32. The number of ether oxygens (including phenoxy) is 1. The van der Waals surface area contributed by atoms with Crippen LogP contribution < -0.4 is 10.1 Å². The van der Waals surface area contributed by atoms with E-state index in [9.17, 15) is 0 Å². The number of hydrogen-bond acceptors (Lipinski definition) is 4. The maximum atomic E-state index is 5.68. The molecule has 1 aromatic rings. The van der Waals surface area contributed by atoms with Gasteiger partial charge in [0, 0.05) is 17.8 Å². The quantitative estimate of drug-likeness (QED) is 0.909. The number of nitrogens with one attached hydrogen (secondary N) is 1. The molecule has 1 aromatic heterocycles. The minimum atomic E-state index is 0.131. The number of aromatic nitrogens is 2. The molecule has 1 aliphatic rings. The van der Waals surface area contributed by atoms with Crippen LogP contribution in [0.3, 0.4) is 0 Å². The first kappa shape index (κ1) is 15.1. The molecule has 4 heteroatoms. The van der Waals surface area contributed by atoms with E-state index in [1.54, 1.807) is 0 Å². The Morgan fingerprint density at radius 3 is 2.65 bits per heavy atom. The molecule has 3 atom stereocenters. The third kappa shape index (κ3) is 4.09. The van der Waals surface area contributed by atoms with Gasteiger partial charge in [-0.1, -0.05) is 13.8 Å². The van der Waals surface area contributed by atoms with E-state index in [1.807, 2.05) is 26.8 Å². The highest BCUT2D eigenvalue weighted by Gasteiger charge is 2.25. The second-order valence-corrected chi connectivity index (χ2v) is 6.48. The van der Waals surface area contributed by atoms with Crippen molar-refractivity contribution in [3.63, 3.8) is 0 Å². The van der Waals surface area contributed by atoms with Gasteiger partial charge in [0.15, 0.2) is 0 Å². The molecule has 1 fully saturated rings. The van der Waals surface area contributed by atoms with Crippen molar-refractivity contribution in [2.45, 2.75) is 66.0 Å². The van der Waals surface area contributed by atoms with Gasteiger partial charge in [0.25, 0.3) is 0 Å². The van der Waals surface area contributed by atoms with Crippen molar-refractivity contribution in [3.05, 3.63) is 11.8 Å². The Balaban J connectivity index is 2.07. The van der Waals surface area contributed by atoms with Crippen molar-refractivity contribution in [1.29, 1.82) is 0 Å². The molecule has 0 aliphatic heterocycles. The lowest BCUT2D eigenvalue weighted by atomic mass is 9.80. The van der Waals surface area contributed by atoms with Crippen LogP contribution in [0, 0.1) is 18.8 Å². The number of aryl methyl sites for hydroxylation is 1. The van der Waals surface area contributed by atoms with Crippen LogP contribution in [0.5, 0.6) is 5.88 Å². The first-order valence-corrected chi connectivity index (χ1v) is 7.73. The van der Waals surface area contributed by atoms with Gasteiger partial charge >= 0.3 is 0 Å². The smallest absolute Gasteiger partial charge is 0.226 e. The van der Waals surface area contributed by atoms with Crippen LogP contribution in [-0.2, 0) is 0 Å². The molecule has 1 N–H and O–H groups in total. The fourth-order valence-corrected chi connectivity index (χ4v) is 2.95. The Bertz CT molecular complexity index is 447. The Morgan fingerprint density at radius 2 is 2.00 bits per heavy atom. The summed E-state index contributed by atoms with van der Waals surface area (Å²) in [7, 11) is 0. The molecule has 0 amide bonds. The van der Waals surface area contributed by atoms with Crippen molar-refractivity contribution in [2.24, 2.45) is 11.8 Å².